The molecule has 0 aliphatic carbocycles. The minimum absolute atomic E-state index is 0.225. The number of aldehydes is 1. The van der Waals surface area contributed by atoms with Gasteiger partial charge in [-0.3, -0.25) is 4.79 Å². The maximum atomic E-state index is 11.8. The van der Waals surface area contributed by atoms with Gasteiger partial charge in [0.25, 0.3) is 0 Å². The normalized spacial score (nSPS) is 25.9. The van der Waals surface area contributed by atoms with E-state index in [0.717, 1.165) is 36.7 Å². The molecule has 2 bridgehead atoms. The fourth-order valence-electron chi connectivity index (χ4n) is 5.21. The molecule has 2 saturated heterocycles. The van der Waals surface area contributed by atoms with Gasteiger partial charge in [0.1, 0.15) is 18.0 Å². The van der Waals surface area contributed by atoms with Gasteiger partial charge < -0.3 is 24.1 Å². The average Bonchev–Trinajstić information content (AvgIpc) is 3.09. The Morgan fingerprint density at radius 1 is 1.17 bits per heavy atom. The molecule has 0 amide bonds. The number of hydrogen-bond donors (Lipinski definition) is 1. The molecular weight excluding hydrogens is 444 g/mol. The zero-order valence-corrected chi connectivity index (χ0v) is 21.1. The van der Waals surface area contributed by atoms with E-state index in [0.29, 0.717) is 19.3 Å². The van der Waals surface area contributed by atoms with Gasteiger partial charge in [-0.05, 0) is 68.4 Å². The van der Waals surface area contributed by atoms with Crippen LogP contribution in [-0.4, -0.2) is 41.3 Å². The van der Waals surface area contributed by atoms with E-state index in [1.165, 1.54) is 23.6 Å². The molecule has 0 aromatic heterocycles. The molecule has 188 valence electrons. The van der Waals surface area contributed by atoms with Gasteiger partial charge in [0, 0.05) is 31.7 Å². The summed E-state index contributed by atoms with van der Waals surface area (Å²) in [6.45, 7) is 7.14. The van der Waals surface area contributed by atoms with Crippen molar-refractivity contribution in [2.24, 2.45) is 0 Å². The second-order valence-electron chi connectivity index (χ2n) is 10.5. The van der Waals surface area contributed by atoms with E-state index in [4.69, 9.17) is 14.2 Å². The number of fused-ring (bicyclic) bond motifs is 2. The van der Waals surface area contributed by atoms with Crippen molar-refractivity contribution in [3.8, 4) is 0 Å². The van der Waals surface area contributed by atoms with Crippen molar-refractivity contribution in [1.82, 2.24) is 0 Å². The van der Waals surface area contributed by atoms with Gasteiger partial charge in [-0.25, -0.2) is 0 Å². The second-order valence-corrected chi connectivity index (χ2v) is 10.5. The average molecular weight is 481 g/mol. The lowest BCUT2D eigenvalue weighted by Crippen LogP contribution is -2.58. The van der Waals surface area contributed by atoms with Crippen LogP contribution in [0.2, 0.25) is 0 Å². The number of carbonyl (C=O) groups excluding carboxylic acids is 2. The summed E-state index contributed by atoms with van der Waals surface area (Å²) in [5.41, 5.74) is 3.49. The minimum atomic E-state index is -1.17. The van der Waals surface area contributed by atoms with Crippen molar-refractivity contribution in [3.63, 3.8) is 0 Å². The smallest absolute Gasteiger partial charge is 0.302 e. The Morgan fingerprint density at radius 3 is 2.54 bits per heavy atom. The van der Waals surface area contributed by atoms with Gasteiger partial charge in [0.2, 0.25) is 0 Å². The van der Waals surface area contributed by atoms with Gasteiger partial charge in [0.05, 0.1) is 12.2 Å². The summed E-state index contributed by atoms with van der Waals surface area (Å²) in [6.07, 6.45) is 4.43. The number of aliphatic hydroxyl groups is 1. The van der Waals surface area contributed by atoms with E-state index < -0.39 is 23.1 Å². The third kappa shape index (κ3) is 5.35. The molecule has 1 unspecified atom stereocenters. The molecule has 0 saturated carbocycles. The molecule has 4 rings (SSSR count). The molecule has 2 fully saturated rings. The Hall–Kier alpha value is -2.54. The van der Waals surface area contributed by atoms with Crippen LogP contribution < -0.4 is 0 Å². The third-order valence-corrected chi connectivity index (χ3v) is 7.39. The number of ether oxygens (including phenoxy) is 3. The van der Waals surface area contributed by atoms with Crippen molar-refractivity contribution in [2.75, 3.05) is 6.61 Å². The Labute approximate surface area is 207 Å². The summed E-state index contributed by atoms with van der Waals surface area (Å²) >= 11 is 0. The van der Waals surface area contributed by atoms with Crippen LogP contribution in [0.1, 0.15) is 74.3 Å². The highest BCUT2D eigenvalue weighted by molar-refractivity contribution is 5.66. The van der Waals surface area contributed by atoms with Crippen LogP contribution in [0.3, 0.4) is 0 Å². The van der Waals surface area contributed by atoms with Gasteiger partial charge in [-0.15, -0.1) is 0 Å². The second kappa shape index (κ2) is 9.84. The van der Waals surface area contributed by atoms with E-state index in [-0.39, 0.29) is 12.6 Å². The number of carbonyl (C=O) groups is 2. The minimum Gasteiger partial charge on any atom is -0.462 e. The molecule has 35 heavy (non-hydrogen) atoms. The summed E-state index contributed by atoms with van der Waals surface area (Å²) in [7, 11) is 0. The highest BCUT2D eigenvalue weighted by Gasteiger charge is 2.63. The van der Waals surface area contributed by atoms with Gasteiger partial charge >= 0.3 is 5.97 Å². The molecule has 0 spiro atoms. The van der Waals surface area contributed by atoms with Crippen LogP contribution in [0.4, 0.5) is 0 Å². The van der Waals surface area contributed by atoms with E-state index in [2.05, 4.69) is 43.3 Å². The first-order valence-corrected chi connectivity index (χ1v) is 12.4. The fourth-order valence-corrected chi connectivity index (χ4v) is 5.21. The number of benzene rings is 2. The molecule has 2 aliphatic rings. The Balaban J connectivity index is 1.59. The zero-order valence-electron chi connectivity index (χ0n) is 21.1. The monoisotopic (exact) mass is 480 g/mol. The predicted octanol–water partition coefficient (Wildman–Crippen LogP) is 4.54. The molecule has 6 nitrogen and oxygen atoms in total. The summed E-state index contributed by atoms with van der Waals surface area (Å²) in [4.78, 5) is 22.3. The fraction of sp³-hybridized carbons (Fsp3) is 0.517. The summed E-state index contributed by atoms with van der Waals surface area (Å²) in [5.74, 6) is -1.43. The topological polar surface area (TPSA) is 82.1 Å². The Morgan fingerprint density at radius 2 is 1.89 bits per heavy atom. The lowest BCUT2D eigenvalue weighted by Gasteiger charge is -2.46. The van der Waals surface area contributed by atoms with E-state index in [9.17, 15) is 14.7 Å². The van der Waals surface area contributed by atoms with Crippen molar-refractivity contribution in [3.05, 3.63) is 70.3 Å². The van der Waals surface area contributed by atoms with Gasteiger partial charge in [-0.1, -0.05) is 36.4 Å². The van der Waals surface area contributed by atoms with E-state index in [1.807, 2.05) is 6.07 Å². The Bertz CT molecular complexity index is 1070. The first-order chi connectivity index (χ1) is 16.6. The standard InChI is InChI=1S/C29H36O6/c1-20-8-13-25(16-24(20)15-23-11-9-22(10-12-23)7-5-6-14-30)29-18-26(34-21(2)31)17-28(35-29,19-33-29)27(3,4)32/h8-14,16,26,32H,5-7,15,17-19H2,1-4H3/t26?,28-,29-/m1/s1. The zero-order chi connectivity index (χ0) is 25.3. The third-order valence-electron chi connectivity index (χ3n) is 7.39. The van der Waals surface area contributed by atoms with Gasteiger partial charge in [0.15, 0.2) is 5.79 Å². The predicted molar refractivity (Wildman–Crippen MR) is 132 cm³/mol. The highest BCUT2D eigenvalue weighted by Crippen LogP contribution is 2.53. The van der Waals surface area contributed by atoms with Gasteiger partial charge in [-0.2, -0.15) is 0 Å². The quantitative estimate of drug-likeness (QED) is 0.322. The van der Waals surface area contributed by atoms with E-state index in [1.54, 1.807) is 13.8 Å². The van der Waals surface area contributed by atoms with Crippen molar-refractivity contribution >= 4 is 12.3 Å². The molecule has 2 aromatic rings. The van der Waals surface area contributed by atoms with Crippen molar-refractivity contribution in [2.45, 2.75) is 89.3 Å². The number of aryl methyl sites for hydroxylation is 2. The highest BCUT2D eigenvalue weighted by atomic mass is 16.8. The summed E-state index contributed by atoms with van der Waals surface area (Å²) in [5, 5.41) is 11.0. The van der Waals surface area contributed by atoms with Crippen molar-refractivity contribution < 1.29 is 28.9 Å². The van der Waals surface area contributed by atoms with Crippen LogP contribution in [0.15, 0.2) is 42.5 Å². The van der Waals surface area contributed by atoms with Crippen LogP contribution in [0, 0.1) is 6.92 Å². The molecule has 6 heteroatoms. The largest absolute Gasteiger partial charge is 0.462 e. The number of hydrogen-bond acceptors (Lipinski definition) is 6. The molecule has 0 radical (unpaired) electrons. The Kier molecular flexibility index (Phi) is 7.18. The van der Waals surface area contributed by atoms with Crippen LogP contribution >= 0.6 is 0 Å². The first kappa shape index (κ1) is 25.5. The molecule has 2 heterocycles. The maximum Gasteiger partial charge on any atom is 0.302 e. The molecule has 3 atom stereocenters. The van der Waals surface area contributed by atoms with Crippen LogP contribution in [0.5, 0.6) is 0 Å². The lowest BCUT2D eigenvalue weighted by atomic mass is 9.78. The molecule has 2 aliphatic heterocycles. The molecule has 2 aromatic carbocycles. The SMILES string of the molecule is CC(=O)OC1C[C@@]2(c3ccc(C)c(Cc4ccc(CCCC=O)cc4)c3)OC[C@@](C(C)(C)O)(C1)O2. The molecule has 1 N–H and O–H groups in total. The van der Waals surface area contributed by atoms with Crippen LogP contribution in [-0.2, 0) is 42.4 Å². The van der Waals surface area contributed by atoms with Crippen molar-refractivity contribution in [1.29, 1.82) is 0 Å². The maximum absolute atomic E-state index is 11.8. The van der Waals surface area contributed by atoms with E-state index >= 15 is 0 Å². The summed E-state index contributed by atoms with van der Waals surface area (Å²) < 4.78 is 18.5. The summed E-state index contributed by atoms with van der Waals surface area (Å²) in [6, 6.07) is 14.7. The first-order valence-electron chi connectivity index (χ1n) is 12.4. The number of esters is 1. The number of unbranched alkanes of at least 4 members (excludes halogenated alkanes) is 1. The number of rotatable bonds is 9. The molecular formula is C29H36O6. The van der Waals surface area contributed by atoms with Crippen LogP contribution in [0.25, 0.3) is 0 Å². The lowest BCUT2D eigenvalue weighted by molar-refractivity contribution is -0.276.